The Hall–Kier alpha value is -1.52. The zero-order chi connectivity index (χ0) is 13.1. The summed E-state index contributed by atoms with van der Waals surface area (Å²) < 4.78 is 0. The minimum atomic E-state index is 0.833. The van der Waals surface area contributed by atoms with E-state index in [-0.39, 0.29) is 0 Å². The lowest BCUT2D eigenvalue weighted by Gasteiger charge is -2.36. The van der Waals surface area contributed by atoms with Gasteiger partial charge in [-0.3, -0.25) is 4.90 Å². The number of nitrogen functional groups attached to an aromatic ring is 1. The summed E-state index contributed by atoms with van der Waals surface area (Å²) in [6, 6.07) is 10.4. The SMILES string of the molecule is Nc1ccc(N2CCN(Cc3ccsc3)CC2)cc1. The Morgan fingerprint density at radius 3 is 2.37 bits per heavy atom. The number of hydrogen-bond donors (Lipinski definition) is 1. The molecule has 0 amide bonds. The van der Waals surface area contributed by atoms with Crippen molar-refractivity contribution >= 4 is 22.7 Å². The molecular weight excluding hydrogens is 254 g/mol. The van der Waals surface area contributed by atoms with Crippen LogP contribution in [0.25, 0.3) is 0 Å². The molecule has 2 heterocycles. The van der Waals surface area contributed by atoms with Crippen molar-refractivity contribution in [1.82, 2.24) is 4.90 Å². The first-order valence-corrected chi connectivity index (χ1v) is 7.59. The average molecular weight is 273 g/mol. The number of benzene rings is 1. The smallest absolute Gasteiger partial charge is 0.0368 e. The highest BCUT2D eigenvalue weighted by atomic mass is 32.1. The highest BCUT2D eigenvalue weighted by Gasteiger charge is 2.17. The number of nitrogens with zero attached hydrogens (tertiary/aromatic N) is 2. The number of hydrogen-bond acceptors (Lipinski definition) is 4. The number of rotatable bonds is 3. The summed E-state index contributed by atoms with van der Waals surface area (Å²) in [7, 11) is 0. The lowest BCUT2D eigenvalue weighted by molar-refractivity contribution is 0.250. The van der Waals surface area contributed by atoms with Crippen molar-refractivity contribution in [3.63, 3.8) is 0 Å². The van der Waals surface area contributed by atoms with Crippen molar-refractivity contribution < 1.29 is 0 Å². The fourth-order valence-electron chi connectivity index (χ4n) is 2.49. The first-order valence-electron chi connectivity index (χ1n) is 6.65. The van der Waals surface area contributed by atoms with Crippen molar-refractivity contribution in [3.8, 4) is 0 Å². The molecule has 0 unspecified atom stereocenters. The molecule has 0 saturated carbocycles. The summed E-state index contributed by atoms with van der Waals surface area (Å²) in [5.74, 6) is 0. The molecule has 0 spiro atoms. The minimum Gasteiger partial charge on any atom is -0.399 e. The van der Waals surface area contributed by atoms with Crippen LogP contribution in [0, 0.1) is 0 Å². The normalized spacial score (nSPS) is 16.7. The van der Waals surface area contributed by atoms with Crippen LogP contribution in [0.15, 0.2) is 41.1 Å². The Labute approximate surface area is 118 Å². The summed E-state index contributed by atoms with van der Waals surface area (Å²) >= 11 is 1.78. The molecular formula is C15H19N3S. The molecule has 0 aliphatic carbocycles. The van der Waals surface area contributed by atoms with Crippen molar-refractivity contribution in [2.45, 2.75) is 6.54 Å². The summed E-state index contributed by atoms with van der Waals surface area (Å²) in [5.41, 5.74) is 9.28. The molecule has 0 radical (unpaired) electrons. The Kier molecular flexibility index (Phi) is 3.71. The average Bonchev–Trinajstić information content (AvgIpc) is 2.94. The maximum Gasteiger partial charge on any atom is 0.0368 e. The molecule has 2 N–H and O–H groups in total. The number of nitrogens with two attached hydrogens (primary N) is 1. The van der Waals surface area contributed by atoms with Gasteiger partial charge in [-0.1, -0.05) is 0 Å². The van der Waals surface area contributed by atoms with Crippen molar-refractivity contribution in [1.29, 1.82) is 0 Å². The zero-order valence-corrected chi connectivity index (χ0v) is 11.8. The first kappa shape index (κ1) is 12.5. The predicted octanol–water partition coefficient (Wildman–Crippen LogP) is 2.65. The van der Waals surface area contributed by atoms with E-state index in [1.165, 1.54) is 11.3 Å². The van der Waals surface area contributed by atoms with Crippen molar-refractivity contribution in [3.05, 3.63) is 46.7 Å². The molecule has 1 aliphatic heterocycles. The third-order valence-electron chi connectivity index (χ3n) is 3.62. The first-order chi connectivity index (χ1) is 9.31. The van der Waals surface area contributed by atoms with Gasteiger partial charge in [-0.25, -0.2) is 0 Å². The lowest BCUT2D eigenvalue weighted by Crippen LogP contribution is -2.45. The minimum absolute atomic E-state index is 0.833. The largest absolute Gasteiger partial charge is 0.399 e. The van der Waals surface area contributed by atoms with Crippen LogP contribution in [0.1, 0.15) is 5.56 Å². The Bertz CT molecular complexity index is 499. The quantitative estimate of drug-likeness (QED) is 0.873. The van der Waals surface area contributed by atoms with Gasteiger partial charge in [0.2, 0.25) is 0 Å². The third kappa shape index (κ3) is 3.08. The Morgan fingerprint density at radius 1 is 1.00 bits per heavy atom. The van der Waals surface area contributed by atoms with Gasteiger partial charge in [-0.15, -0.1) is 0 Å². The van der Waals surface area contributed by atoms with Crippen LogP contribution in [0.2, 0.25) is 0 Å². The van der Waals surface area contributed by atoms with Crippen LogP contribution >= 0.6 is 11.3 Å². The number of piperazine rings is 1. The maximum atomic E-state index is 5.73. The standard InChI is InChI=1S/C15H19N3S/c16-14-1-3-15(4-2-14)18-8-6-17(7-9-18)11-13-5-10-19-12-13/h1-5,10,12H,6-9,11,16H2. The molecule has 4 heteroatoms. The van der Waals surface area contributed by atoms with Crippen LogP contribution in [-0.2, 0) is 6.54 Å². The van der Waals surface area contributed by atoms with Crippen LogP contribution < -0.4 is 10.6 Å². The lowest BCUT2D eigenvalue weighted by atomic mass is 10.2. The molecule has 19 heavy (non-hydrogen) atoms. The molecule has 3 rings (SSSR count). The van der Waals surface area contributed by atoms with E-state index in [9.17, 15) is 0 Å². The third-order valence-corrected chi connectivity index (χ3v) is 4.35. The van der Waals surface area contributed by atoms with E-state index in [1.807, 2.05) is 12.1 Å². The molecule has 100 valence electrons. The van der Waals surface area contributed by atoms with Gasteiger partial charge in [-0.2, -0.15) is 11.3 Å². The van der Waals surface area contributed by atoms with Crippen LogP contribution in [0.5, 0.6) is 0 Å². The van der Waals surface area contributed by atoms with E-state index < -0.39 is 0 Å². The summed E-state index contributed by atoms with van der Waals surface area (Å²) in [4.78, 5) is 4.96. The van der Waals surface area contributed by atoms with Gasteiger partial charge in [0, 0.05) is 44.1 Å². The summed E-state index contributed by atoms with van der Waals surface area (Å²) in [6.45, 7) is 5.52. The van der Waals surface area contributed by atoms with E-state index in [1.54, 1.807) is 11.3 Å². The van der Waals surface area contributed by atoms with Gasteiger partial charge in [0.25, 0.3) is 0 Å². The van der Waals surface area contributed by atoms with E-state index in [2.05, 4.69) is 38.8 Å². The number of anilines is 2. The summed E-state index contributed by atoms with van der Waals surface area (Å²) in [6.07, 6.45) is 0. The Balaban J connectivity index is 1.56. The maximum absolute atomic E-state index is 5.73. The second kappa shape index (κ2) is 5.63. The van der Waals surface area contributed by atoms with E-state index >= 15 is 0 Å². The van der Waals surface area contributed by atoms with Crippen molar-refractivity contribution in [2.24, 2.45) is 0 Å². The molecule has 1 fully saturated rings. The van der Waals surface area contributed by atoms with E-state index in [4.69, 9.17) is 5.73 Å². The fraction of sp³-hybridized carbons (Fsp3) is 0.333. The molecule has 1 aromatic carbocycles. The van der Waals surface area contributed by atoms with Gasteiger partial charge in [0.05, 0.1) is 0 Å². The molecule has 2 aromatic rings. The van der Waals surface area contributed by atoms with Gasteiger partial charge in [0.15, 0.2) is 0 Å². The Morgan fingerprint density at radius 2 is 1.74 bits per heavy atom. The van der Waals surface area contributed by atoms with Gasteiger partial charge in [0.1, 0.15) is 0 Å². The van der Waals surface area contributed by atoms with Gasteiger partial charge >= 0.3 is 0 Å². The topological polar surface area (TPSA) is 32.5 Å². The molecule has 0 bridgehead atoms. The van der Waals surface area contributed by atoms with Crippen LogP contribution in [-0.4, -0.2) is 31.1 Å². The predicted molar refractivity (Wildman–Crippen MR) is 82.7 cm³/mol. The molecule has 1 saturated heterocycles. The van der Waals surface area contributed by atoms with Crippen LogP contribution in [0.3, 0.4) is 0 Å². The molecule has 3 nitrogen and oxygen atoms in total. The van der Waals surface area contributed by atoms with Crippen molar-refractivity contribution in [2.75, 3.05) is 36.8 Å². The second-order valence-corrected chi connectivity index (χ2v) is 5.77. The molecule has 1 aromatic heterocycles. The van der Waals surface area contributed by atoms with Crippen LogP contribution in [0.4, 0.5) is 11.4 Å². The number of thiophene rings is 1. The molecule has 1 aliphatic rings. The molecule has 0 atom stereocenters. The van der Waals surface area contributed by atoms with E-state index in [0.717, 1.165) is 38.4 Å². The van der Waals surface area contributed by atoms with E-state index in [0.29, 0.717) is 0 Å². The summed E-state index contributed by atoms with van der Waals surface area (Å²) in [5, 5.41) is 4.40. The van der Waals surface area contributed by atoms with Gasteiger partial charge < -0.3 is 10.6 Å². The monoisotopic (exact) mass is 273 g/mol. The van der Waals surface area contributed by atoms with Gasteiger partial charge in [-0.05, 0) is 46.7 Å². The second-order valence-electron chi connectivity index (χ2n) is 4.99. The highest BCUT2D eigenvalue weighted by Crippen LogP contribution is 2.19. The zero-order valence-electron chi connectivity index (χ0n) is 11.0. The fourth-order valence-corrected chi connectivity index (χ4v) is 3.15. The highest BCUT2D eigenvalue weighted by molar-refractivity contribution is 7.07.